The third kappa shape index (κ3) is 43.6. The fraction of sp³-hybridized carbons (Fsp3) is 0.830. The lowest BCUT2D eigenvalue weighted by molar-refractivity contribution is -0.161. The number of ether oxygens (including phenoxy) is 2. The first kappa shape index (κ1) is 55.2. The van der Waals surface area contributed by atoms with Crippen LogP contribution in [0.3, 0.4) is 0 Å². The topological polar surface area (TPSA) is 134 Å². The van der Waals surface area contributed by atoms with Crippen LogP contribution in [-0.2, 0) is 32.7 Å². The molecule has 2 atom stereocenters. The Kier molecular flexibility index (Phi) is 42.4. The van der Waals surface area contributed by atoms with Crippen LogP contribution < -0.4 is 5.73 Å². The summed E-state index contributed by atoms with van der Waals surface area (Å²) in [5.41, 5.74) is 5.36. The van der Waals surface area contributed by atoms with E-state index in [0.29, 0.717) is 6.42 Å². The zero-order valence-corrected chi connectivity index (χ0v) is 37.7. The van der Waals surface area contributed by atoms with E-state index in [1.165, 1.54) is 141 Å². The molecule has 0 aromatic rings. The van der Waals surface area contributed by atoms with Gasteiger partial charge in [0.15, 0.2) is 6.10 Å². The maximum absolute atomic E-state index is 12.6. The van der Waals surface area contributed by atoms with Gasteiger partial charge in [-0.05, 0) is 70.6 Å². The molecule has 0 aromatic heterocycles. The van der Waals surface area contributed by atoms with Crippen molar-refractivity contribution in [1.29, 1.82) is 0 Å². The Morgan fingerprint density at radius 2 is 0.912 bits per heavy atom. The van der Waals surface area contributed by atoms with E-state index in [9.17, 15) is 19.0 Å². The van der Waals surface area contributed by atoms with Crippen LogP contribution in [-0.4, -0.2) is 49.3 Å². The lowest BCUT2D eigenvalue weighted by Gasteiger charge is -2.19. The molecule has 0 fully saturated rings. The highest BCUT2D eigenvalue weighted by Gasteiger charge is 2.26. The lowest BCUT2D eigenvalue weighted by atomic mass is 10.1. The monoisotopic (exact) mass is 826 g/mol. The van der Waals surface area contributed by atoms with Gasteiger partial charge in [0, 0.05) is 19.4 Å². The van der Waals surface area contributed by atoms with Crippen molar-refractivity contribution in [2.45, 2.75) is 225 Å². The number of carbonyl (C=O) groups is 2. The average Bonchev–Trinajstić information content (AvgIpc) is 3.20. The summed E-state index contributed by atoms with van der Waals surface area (Å²) in [7, 11) is -4.38. The van der Waals surface area contributed by atoms with Gasteiger partial charge in [0.1, 0.15) is 6.61 Å². The van der Waals surface area contributed by atoms with Gasteiger partial charge in [0.05, 0.1) is 13.2 Å². The normalized spacial score (nSPS) is 13.5. The number of rotatable bonds is 44. The van der Waals surface area contributed by atoms with Gasteiger partial charge in [-0.3, -0.25) is 18.6 Å². The van der Waals surface area contributed by atoms with Gasteiger partial charge < -0.3 is 20.1 Å². The predicted molar refractivity (Wildman–Crippen MR) is 238 cm³/mol. The molecule has 0 saturated heterocycles. The SMILES string of the molecule is CCCCC/C=C/C/C=C/CCCCCCCCCCCC(=O)OC[C@H](COP(=O)(O)OCCN)OC(=O)CCCCCCCCCCC/C=C/CCCCCC. The van der Waals surface area contributed by atoms with Crippen LogP contribution in [0.2, 0.25) is 0 Å². The summed E-state index contributed by atoms with van der Waals surface area (Å²) >= 11 is 0. The second-order valence-corrected chi connectivity index (χ2v) is 17.1. The van der Waals surface area contributed by atoms with Gasteiger partial charge in [-0.1, -0.05) is 172 Å². The first-order valence-electron chi connectivity index (χ1n) is 23.5. The minimum Gasteiger partial charge on any atom is -0.462 e. The molecular weight excluding hydrogens is 737 g/mol. The summed E-state index contributed by atoms with van der Waals surface area (Å²) in [4.78, 5) is 35.0. The molecule has 0 rings (SSSR count). The second-order valence-electron chi connectivity index (χ2n) is 15.6. The van der Waals surface area contributed by atoms with E-state index in [1.807, 2.05) is 0 Å². The van der Waals surface area contributed by atoms with E-state index >= 15 is 0 Å². The Hall–Kier alpha value is -1.77. The van der Waals surface area contributed by atoms with Crippen molar-refractivity contribution in [2.75, 3.05) is 26.4 Å². The Morgan fingerprint density at radius 3 is 1.39 bits per heavy atom. The van der Waals surface area contributed by atoms with Crippen molar-refractivity contribution in [3.05, 3.63) is 36.5 Å². The van der Waals surface area contributed by atoms with E-state index in [2.05, 4.69) is 50.3 Å². The molecule has 3 N–H and O–H groups in total. The number of unbranched alkanes of at least 4 members (excludes halogenated alkanes) is 25. The molecule has 0 aliphatic heterocycles. The van der Waals surface area contributed by atoms with E-state index in [0.717, 1.165) is 44.9 Å². The molecule has 0 spiro atoms. The molecule has 0 radical (unpaired) electrons. The minimum absolute atomic E-state index is 0.0526. The number of nitrogens with two attached hydrogens (primary N) is 1. The molecule has 9 nitrogen and oxygen atoms in total. The van der Waals surface area contributed by atoms with Crippen LogP contribution in [0.5, 0.6) is 0 Å². The fourth-order valence-corrected chi connectivity index (χ4v) is 7.25. The number of hydrogen-bond donors (Lipinski definition) is 2. The summed E-state index contributed by atoms with van der Waals surface area (Å²) in [5, 5.41) is 0. The van der Waals surface area contributed by atoms with Crippen molar-refractivity contribution in [3.63, 3.8) is 0 Å². The number of esters is 2. The summed E-state index contributed by atoms with van der Waals surface area (Å²) in [6, 6.07) is 0. The first-order valence-corrected chi connectivity index (χ1v) is 25.0. The van der Waals surface area contributed by atoms with Gasteiger partial charge in [-0.25, -0.2) is 4.57 Å². The largest absolute Gasteiger partial charge is 0.472 e. The summed E-state index contributed by atoms with van der Waals surface area (Å²) in [6.45, 7) is 3.71. The van der Waals surface area contributed by atoms with E-state index in [4.69, 9.17) is 24.3 Å². The van der Waals surface area contributed by atoms with Gasteiger partial charge in [-0.15, -0.1) is 0 Å². The van der Waals surface area contributed by atoms with Crippen molar-refractivity contribution in [1.82, 2.24) is 0 Å². The number of phosphoric ester groups is 1. The second kappa shape index (κ2) is 43.8. The highest BCUT2D eigenvalue weighted by atomic mass is 31.2. The Labute approximate surface area is 350 Å². The zero-order valence-electron chi connectivity index (χ0n) is 36.8. The molecule has 0 saturated carbocycles. The van der Waals surface area contributed by atoms with Gasteiger partial charge >= 0.3 is 19.8 Å². The van der Waals surface area contributed by atoms with Gasteiger partial charge in [0.2, 0.25) is 0 Å². The van der Waals surface area contributed by atoms with Crippen LogP contribution in [0.4, 0.5) is 0 Å². The van der Waals surface area contributed by atoms with Crippen molar-refractivity contribution in [3.8, 4) is 0 Å². The number of hydrogen-bond acceptors (Lipinski definition) is 8. The third-order valence-corrected chi connectivity index (χ3v) is 11.0. The van der Waals surface area contributed by atoms with Gasteiger partial charge in [0.25, 0.3) is 0 Å². The highest BCUT2D eigenvalue weighted by molar-refractivity contribution is 7.47. The summed E-state index contributed by atoms with van der Waals surface area (Å²) < 4.78 is 32.9. The number of phosphoric acid groups is 1. The molecule has 0 amide bonds. The molecule has 334 valence electrons. The highest BCUT2D eigenvalue weighted by Crippen LogP contribution is 2.43. The lowest BCUT2D eigenvalue weighted by Crippen LogP contribution is -2.29. The molecule has 0 heterocycles. The van der Waals surface area contributed by atoms with E-state index in [-0.39, 0.29) is 38.6 Å². The molecule has 0 bridgehead atoms. The molecule has 0 aliphatic rings. The van der Waals surface area contributed by atoms with Crippen LogP contribution in [0.25, 0.3) is 0 Å². The molecule has 0 aromatic carbocycles. The van der Waals surface area contributed by atoms with Crippen molar-refractivity contribution in [2.24, 2.45) is 5.73 Å². The fourth-order valence-electron chi connectivity index (χ4n) is 6.48. The zero-order chi connectivity index (χ0) is 41.8. The maximum Gasteiger partial charge on any atom is 0.472 e. The quantitative estimate of drug-likeness (QED) is 0.0266. The first-order chi connectivity index (χ1) is 27.8. The Morgan fingerprint density at radius 1 is 0.526 bits per heavy atom. The Balaban J connectivity index is 4.10. The molecular formula is C47H88NO8P. The molecule has 1 unspecified atom stereocenters. The summed E-state index contributed by atoms with van der Waals surface area (Å²) in [6.07, 6.45) is 48.8. The minimum atomic E-state index is -4.38. The van der Waals surface area contributed by atoms with Crippen LogP contribution in [0, 0.1) is 0 Å². The average molecular weight is 826 g/mol. The van der Waals surface area contributed by atoms with Crippen LogP contribution >= 0.6 is 7.82 Å². The smallest absolute Gasteiger partial charge is 0.462 e. The third-order valence-electron chi connectivity index (χ3n) is 10.00. The van der Waals surface area contributed by atoms with E-state index < -0.39 is 26.5 Å². The maximum atomic E-state index is 12.6. The van der Waals surface area contributed by atoms with E-state index in [1.54, 1.807) is 0 Å². The predicted octanol–water partition coefficient (Wildman–Crippen LogP) is 13.7. The van der Waals surface area contributed by atoms with Crippen molar-refractivity contribution >= 4 is 19.8 Å². The van der Waals surface area contributed by atoms with Crippen LogP contribution in [0.1, 0.15) is 219 Å². The number of carbonyl (C=O) groups excluding carboxylic acids is 2. The molecule has 10 heteroatoms. The Bertz CT molecular complexity index is 1030. The number of allylic oxidation sites excluding steroid dienone is 6. The van der Waals surface area contributed by atoms with Crippen molar-refractivity contribution < 1.29 is 37.6 Å². The molecule has 57 heavy (non-hydrogen) atoms. The summed E-state index contributed by atoms with van der Waals surface area (Å²) in [5.74, 6) is -0.830. The van der Waals surface area contributed by atoms with Crippen LogP contribution in [0.15, 0.2) is 36.5 Å². The standard InChI is InChI=1S/C47H88NO8P/c1-3-5-7-9-11-13-15-17-19-21-22-24-25-27-29-31-33-35-37-39-46(49)53-43-45(44-55-57(51,52)54-42-41-48)56-47(50)40-38-36-34-32-30-28-26-23-20-18-16-14-12-10-8-6-4-2/h11,13-14,16-17,19,45H,3-10,12,15,18,20-44,48H2,1-2H3,(H,51,52)/b13-11+,16-14+,19-17+/t45-/m1/s1. The van der Waals surface area contributed by atoms with Gasteiger partial charge in [-0.2, -0.15) is 0 Å². The molecule has 0 aliphatic carbocycles.